The zero-order valence-corrected chi connectivity index (χ0v) is 11.5. The molecule has 19 heavy (non-hydrogen) atoms. The monoisotopic (exact) mass is 275 g/mol. The van der Waals surface area contributed by atoms with E-state index in [9.17, 15) is 4.79 Å². The first-order valence-electron chi connectivity index (χ1n) is 5.79. The van der Waals surface area contributed by atoms with Crippen LogP contribution >= 0.6 is 11.6 Å². The molecule has 4 nitrogen and oxygen atoms in total. The van der Waals surface area contributed by atoms with Gasteiger partial charge in [0.1, 0.15) is 0 Å². The first-order chi connectivity index (χ1) is 9.15. The summed E-state index contributed by atoms with van der Waals surface area (Å²) in [7, 11) is 3.45. The van der Waals surface area contributed by atoms with Gasteiger partial charge in [-0.2, -0.15) is 0 Å². The quantitative estimate of drug-likeness (QED) is 0.936. The molecule has 2 rings (SSSR count). The third-order valence-electron chi connectivity index (χ3n) is 2.83. The maximum atomic E-state index is 12.5. The maximum absolute atomic E-state index is 12.5. The van der Waals surface area contributed by atoms with E-state index in [4.69, 9.17) is 11.6 Å². The number of carbonyl (C=O) groups is 1. The molecule has 0 aliphatic carbocycles. The number of nitrogens with zero attached hydrogens (tertiary/aromatic N) is 2. The van der Waals surface area contributed by atoms with Crippen molar-refractivity contribution in [2.75, 3.05) is 24.3 Å². The molecular formula is C14H14ClN3O. The zero-order valence-electron chi connectivity index (χ0n) is 10.7. The fourth-order valence-corrected chi connectivity index (χ4v) is 2.04. The van der Waals surface area contributed by atoms with Crippen LogP contribution in [0.4, 0.5) is 11.4 Å². The molecule has 0 saturated heterocycles. The fourth-order valence-electron chi connectivity index (χ4n) is 1.79. The van der Waals surface area contributed by atoms with Crippen LogP contribution in [-0.2, 0) is 0 Å². The first kappa shape index (κ1) is 13.4. The summed E-state index contributed by atoms with van der Waals surface area (Å²) >= 11 is 6.13. The van der Waals surface area contributed by atoms with Gasteiger partial charge in [-0.25, -0.2) is 0 Å². The molecule has 1 N–H and O–H groups in total. The number of anilines is 2. The molecule has 0 fully saturated rings. The van der Waals surface area contributed by atoms with E-state index in [1.165, 1.54) is 4.90 Å². The maximum Gasteiger partial charge on any atom is 0.261 e. The number of halogens is 1. The second kappa shape index (κ2) is 5.71. The lowest BCUT2D eigenvalue weighted by atomic mass is 10.1. The van der Waals surface area contributed by atoms with E-state index in [2.05, 4.69) is 10.3 Å². The normalized spacial score (nSPS) is 10.1. The van der Waals surface area contributed by atoms with Crippen LogP contribution in [-0.4, -0.2) is 25.0 Å². The predicted octanol–water partition coefficient (Wildman–Crippen LogP) is 3.05. The average molecular weight is 276 g/mol. The van der Waals surface area contributed by atoms with Gasteiger partial charge in [0.15, 0.2) is 0 Å². The van der Waals surface area contributed by atoms with E-state index in [0.717, 1.165) is 5.69 Å². The van der Waals surface area contributed by atoms with E-state index in [1.807, 2.05) is 12.1 Å². The minimum Gasteiger partial charge on any atom is -0.387 e. The van der Waals surface area contributed by atoms with Crippen LogP contribution in [0.2, 0.25) is 5.02 Å². The van der Waals surface area contributed by atoms with Gasteiger partial charge in [0.05, 0.1) is 22.5 Å². The lowest BCUT2D eigenvalue weighted by Gasteiger charge is -2.19. The van der Waals surface area contributed by atoms with Crippen molar-refractivity contribution in [1.29, 1.82) is 0 Å². The number of aromatic nitrogens is 1. The highest BCUT2D eigenvalue weighted by molar-refractivity contribution is 6.35. The SMILES string of the molecule is CNc1cccc(Cl)c1C(=O)N(C)c1cccnc1. The van der Waals surface area contributed by atoms with Crippen LogP contribution in [0.1, 0.15) is 10.4 Å². The van der Waals surface area contributed by atoms with Gasteiger partial charge in [0, 0.05) is 26.0 Å². The van der Waals surface area contributed by atoms with Gasteiger partial charge in [-0.15, -0.1) is 0 Å². The standard InChI is InChI=1S/C14H14ClN3O/c1-16-12-7-3-6-11(15)13(12)14(19)18(2)10-5-4-8-17-9-10/h3-9,16H,1-2H3. The zero-order chi connectivity index (χ0) is 13.8. The average Bonchev–Trinajstić information content (AvgIpc) is 2.46. The molecule has 0 aliphatic heterocycles. The molecule has 5 heteroatoms. The van der Waals surface area contributed by atoms with Crippen LogP contribution in [0.3, 0.4) is 0 Å². The van der Waals surface area contributed by atoms with Crippen LogP contribution in [0.25, 0.3) is 0 Å². The largest absolute Gasteiger partial charge is 0.387 e. The van der Waals surface area contributed by atoms with E-state index in [-0.39, 0.29) is 5.91 Å². The summed E-state index contributed by atoms with van der Waals surface area (Å²) in [6.45, 7) is 0. The molecule has 0 radical (unpaired) electrons. The molecule has 0 aliphatic rings. The van der Waals surface area contributed by atoms with Gasteiger partial charge in [-0.3, -0.25) is 9.78 Å². The summed E-state index contributed by atoms with van der Waals surface area (Å²) in [4.78, 5) is 18.0. The Labute approximate surface area is 117 Å². The molecule has 0 bridgehead atoms. The number of benzene rings is 1. The van der Waals surface area contributed by atoms with Crippen molar-refractivity contribution < 1.29 is 4.79 Å². The van der Waals surface area contributed by atoms with Gasteiger partial charge >= 0.3 is 0 Å². The summed E-state index contributed by atoms with van der Waals surface area (Å²) in [5.74, 6) is -0.178. The highest BCUT2D eigenvalue weighted by Crippen LogP contribution is 2.26. The highest BCUT2D eigenvalue weighted by atomic mass is 35.5. The Bertz CT molecular complexity index is 586. The Hall–Kier alpha value is -2.07. The highest BCUT2D eigenvalue weighted by Gasteiger charge is 2.19. The Kier molecular flexibility index (Phi) is 4.02. The molecule has 1 amide bonds. The Balaban J connectivity index is 2.40. The Morgan fingerprint density at radius 2 is 2.11 bits per heavy atom. The second-order valence-electron chi connectivity index (χ2n) is 3.99. The van der Waals surface area contributed by atoms with Crippen molar-refractivity contribution in [3.8, 4) is 0 Å². The number of pyridine rings is 1. The van der Waals surface area contributed by atoms with Crippen LogP contribution in [0.5, 0.6) is 0 Å². The first-order valence-corrected chi connectivity index (χ1v) is 6.17. The van der Waals surface area contributed by atoms with Crippen LogP contribution in [0.15, 0.2) is 42.7 Å². The minimum atomic E-state index is -0.178. The van der Waals surface area contributed by atoms with Crippen LogP contribution < -0.4 is 10.2 Å². The third kappa shape index (κ3) is 2.69. The summed E-state index contributed by atoms with van der Waals surface area (Å²) in [5.41, 5.74) is 1.88. The van der Waals surface area contributed by atoms with E-state index in [1.54, 1.807) is 44.7 Å². The van der Waals surface area contributed by atoms with Crippen LogP contribution in [0, 0.1) is 0 Å². The smallest absolute Gasteiger partial charge is 0.261 e. The van der Waals surface area contributed by atoms with Gasteiger partial charge in [-0.05, 0) is 24.3 Å². The molecule has 1 aromatic carbocycles. The number of rotatable bonds is 3. The molecule has 1 aromatic heterocycles. The fraction of sp³-hybridized carbons (Fsp3) is 0.143. The summed E-state index contributed by atoms with van der Waals surface area (Å²) < 4.78 is 0. The molecule has 98 valence electrons. The van der Waals surface area contributed by atoms with E-state index < -0.39 is 0 Å². The number of amides is 1. The Morgan fingerprint density at radius 1 is 1.32 bits per heavy atom. The van der Waals surface area contributed by atoms with Gasteiger partial charge in [0.25, 0.3) is 5.91 Å². The molecular weight excluding hydrogens is 262 g/mol. The third-order valence-corrected chi connectivity index (χ3v) is 3.15. The van der Waals surface area contributed by atoms with E-state index in [0.29, 0.717) is 16.3 Å². The molecule has 0 spiro atoms. The summed E-state index contributed by atoms with van der Waals surface area (Å²) in [6.07, 6.45) is 3.30. The number of hydrogen-bond acceptors (Lipinski definition) is 3. The topological polar surface area (TPSA) is 45.2 Å². The molecule has 1 heterocycles. The molecule has 0 saturated carbocycles. The number of nitrogens with one attached hydrogen (secondary N) is 1. The molecule has 0 atom stereocenters. The van der Waals surface area contributed by atoms with E-state index >= 15 is 0 Å². The Morgan fingerprint density at radius 3 is 2.74 bits per heavy atom. The minimum absolute atomic E-state index is 0.178. The van der Waals surface area contributed by atoms with Crippen molar-refractivity contribution >= 4 is 28.9 Å². The molecule has 0 unspecified atom stereocenters. The number of carbonyl (C=O) groups excluding carboxylic acids is 1. The predicted molar refractivity (Wildman–Crippen MR) is 78.0 cm³/mol. The summed E-state index contributed by atoms with van der Waals surface area (Å²) in [5, 5.41) is 3.40. The van der Waals surface area contributed by atoms with Crippen molar-refractivity contribution in [2.24, 2.45) is 0 Å². The number of hydrogen-bond donors (Lipinski definition) is 1. The lowest BCUT2D eigenvalue weighted by molar-refractivity contribution is 0.0994. The molecule has 2 aromatic rings. The lowest BCUT2D eigenvalue weighted by Crippen LogP contribution is -2.27. The second-order valence-corrected chi connectivity index (χ2v) is 4.39. The van der Waals surface area contributed by atoms with Gasteiger partial charge < -0.3 is 10.2 Å². The van der Waals surface area contributed by atoms with Gasteiger partial charge in [0.2, 0.25) is 0 Å². The summed E-state index contributed by atoms with van der Waals surface area (Å²) in [6, 6.07) is 8.92. The van der Waals surface area contributed by atoms with Crippen molar-refractivity contribution in [2.45, 2.75) is 0 Å². The van der Waals surface area contributed by atoms with Crippen molar-refractivity contribution in [3.63, 3.8) is 0 Å². The van der Waals surface area contributed by atoms with Crippen molar-refractivity contribution in [3.05, 3.63) is 53.3 Å². The van der Waals surface area contributed by atoms with Crippen molar-refractivity contribution in [1.82, 2.24) is 4.98 Å². The van der Waals surface area contributed by atoms with Gasteiger partial charge in [-0.1, -0.05) is 17.7 Å².